The zero-order chi connectivity index (χ0) is 27.6. The maximum absolute atomic E-state index is 12.8. The van der Waals surface area contributed by atoms with Gasteiger partial charge in [-0.05, 0) is 66.6 Å². The van der Waals surface area contributed by atoms with Gasteiger partial charge in [0.1, 0.15) is 11.5 Å². The molecule has 0 saturated carbocycles. The Balaban J connectivity index is 1.41. The van der Waals surface area contributed by atoms with Crippen LogP contribution >= 0.6 is 0 Å². The number of benzene rings is 4. The van der Waals surface area contributed by atoms with Crippen molar-refractivity contribution < 1.29 is 23.9 Å². The third-order valence-electron chi connectivity index (χ3n) is 5.77. The number of nitrogens with zero attached hydrogens (tertiary/aromatic N) is 1. The van der Waals surface area contributed by atoms with Crippen LogP contribution in [0.5, 0.6) is 11.5 Å². The van der Waals surface area contributed by atoms with Gasteiger partial charge in [0.15, 0.2) is 0 Å². The first-order chi connectivity index (χ1) is 18.9. The fraction of sp³-hybridized carbons (Fsp3) is 0.161. The van der Waals surface area contributed by atoms with Crippen LogP contribution in [0.3, 0.4) is 0 Å². The van der Waals surface area contributed by atoms with E-state index < -0.39 is 17.8 Å². The van der Waals surface area contributed by atoms with E-state index in [0.29, 0.717) is 34.8 Å². The lowest BCUT2D eigenvalue weighted by Gasteiger charge is -2.11. The molecule has 0 fully saturated rings. The highest BCUT2D eigenvalue weighted by Crippen LogP contribution is 2.27. The Bertz CT molecular complexity index is 1510. The molecular formula is C31H29N3O5. The highest BCUT2D eigenvalue weighted by molar-refractivity contribution is 6.04. The second-order valence-corrected chi connectivity index (χ2v) is 8.81. The molecule has 0 bridgehead atoms. The number of nitrogens with one attached hydrogen (secondary N) is 2. The number of hydrazone groups is 1. The molecule has 39 heavy (non-hydrogen) atoms. The van der Waals surface area contributed by atoms with E-state index in [2.05, 4.69) is 15.8 Å². The van der Waals surface area contributed by atoms with E-state index >= 15 is 0 Å². The van der Waals surface area contributed by atoms with Crippen LogP contribution in [0.2, 0.25) is 0 Å². The molecule has 0 aromatic heterocycles. The summed E-state index contributed by atoms with van der Waals surface area (Å²) in [5.41, 5.74) is 4.72. The van der Waals surface area contributed by atoms with Crippen LogP contribution in [-0.2, 0) is 4.79 Å². The molecule has 0 radical (unpaired) electrons. The number of hydrogen-bond donors (Lipinski definition) is 2. The number of ether oxygens (including phenoxy) is 2. The summed E-state index contributed by atoms with van der Waals surface area (Å²) in [5, 5.41) is 8.33. The Labute approximate surface area is 226 Å². The fourth-order valence-electron chi connectivity index (χ4n) is 3.82. The van der Waals surface area contributed by atoms with E-state index in [0.717, 1.165) is 22.8 Å². The monoisotopic (exact) mass is 523 g/mol. The number of esters is 1. The minimum Gasteiger partial charge on any atom is -0.494 e. The Morgan fingerprint density at radius 3 is 2.46 bits per heavy atom. The van der Waals surface area contributed by atoms with Gasteiger partial charge in [0.05, 0.1) is 24.9 Å². The van der Waals surface area contributed by atoms with Crippen molar-refractivity contribution in [1.29, 1.82) is 0 Å². The van der Waals surface area contributed by atoms with Crippen molar-refractivity contribution in [3.8, 4) is 11.5 Å². The van der Waals surface area contributed by atoms with Crippen LogP contribution in [0.15, 0.2) is 90.0 Å². The van der Waals surface area contributed by atoms with Crippen molar-refractivity contribution in [3.63, 3.8) is 0 Å². The summed E-state index contributed by atoms with van der Waals surface area (Å²) in [4.78, 5) is 37.5. The van der Waals surface area contributed by atoms with Gasteiger partial charge in [0, 0.05) is 11.1 Å². The lowest BCUT2D eigenvalue weighted by atomic mass is 10.0. The highest BCUT2D eigenvalue weighted by Gasteiger charge is 2.14. The average molecular weight is 524 g/mol. The van der Waals surface area contributed by atoms with E-state index in [1.165, 1.54) is 6.21 Å². The van der Waals surface area contributed by atoms with Crippen LogP contribution in [0.25, 0.3) is 10.8 Å². The van der Waals surface area contributed by atoms with E-state index in [9.17, 15) is 14.4 Å². The second-order valence-electron chi connectivity index (χ2n) is 8.81. The first-order valence-electron chi connectivity index (χ1n) is 12.6. The van der Waals surface area contributed by atoms with Crippen LogP contribution in [0.4, 0.5) is 0 Å². The molecule has 4 aromatic rings. The molecule has 0 aliphatic carbocycles. The summed E-state index contributed by atoms with van der Waals surface area (Å²) in [6.07, 6.45) is 2.32. The van der Waals surface area contributed by atoms with Gasteiger partial charge in [0.2, 0.25) is 0 Å². The van der Waals surface area contributed by atoms with Crippen molar-refractivity contribution in [1.82, 2.24) is 10.7 Å². The van der Waals surface area contributed by atoms with E-state index in [4.69, 9.17) is 9.47 Å². The topological polar surface area (TPSA) is 106 Å². The van der Waals surface area contributed by atoms with Gasteiger partial charge in [-0.15, -0.1) is 0 Å². The standard InChI is InChI=1S/C31H29N3O5/c1-3-17-38-25-14-11-23(12-15-25)30(36)32-20-29(35)34-33-19-27-26-10-5-4-8-22(26)13-16-28(27)39-31(37)24-9-6-7-21(2)18-24/h4-16,18-19H,3,17,20H2,1-2H3,(H,32,36)(H,34,35)/b33-19-. The van der Waals surface area contributed by atoms with Crippen molar-refractivity contribution in [2.45, 2.75) is 20.3 Å². The first kappa shape index (κ1) is 27.1. The quantitative estimate of drug-likeness (QED) is 0.131. The Hall–Kier alpha value is -4.98. The van der Waals surface area contributed by atoms with Gasteiger partial charge < -0.3 is 14.8 Å². The molecule has 2 amide bonds. The van der Waals surface area contributed by atoms with E-state index in [-0.39, 0.29) is 6.54 Å². The van der Waals surface area contributed by atoms with Gasteiger partial charge in [-0.3, -0.25) is 9.59 Å². The number of carbonyl (C=O) groups excluding carboxylic acids is 3. The second kappa shape index (κ2) is 13.0. The van der Waals surface area contributed by atoms with E-state index in [1.54, 1.807) is 48.5 Å². The number of hydrogen-bond acceptors (Lipinski definition) is 6. The summed E-state index contributed by atoms with van der Waals surface area (Å²) in [6.45, 7) is 4.24. The van der Waals surface area contributed by atoms with Crippen molar-refractivity contribution >= 4 is 34.8 Å². The van der Waals surface area contributed by atoms with Crippen LogP contribution in [0.1, 0.15) is 45.2 Å². The number of rotatable bonds is 10. The first-order valence-corrected chi connectivity index (χ1v) is 12.6. The van der Waals surface area contributed by atoms with Gasteiger partial charge in [-0.1, -0.05) is 55.0 Å². The molecule has 8 nitrogen and oxygen atoms in total. The van der Waals surface area contributed by atoms with E-state index in [1.807, 2.05) is 50.2 Å². The highest BCUT2D eigenvalue weighted by atomic mass is 16.5. The SMILES string of the molecule is CCCOc1ccc(C(=O)NCC(=O)N/N=C\c2c(OC(=O)c3cccc(C)c3)ccc3ccccc23)cc1. The summed E-state index contributed by atoms with van der Waals surface area (Å²) in [6, 6.07) is 24.9. The smallest absolute Gasteiger partial charge is 0.343 e. The average Bonchev–Trinajstić information content (AvgIpc) is 2.96. The van der Waals surface area contributed by atoms with Gasteiger partial charge in [-0.25, -0.2) is 10.2 Å². The summed E-state index contributed by atoms with van der Waals surface area (Å²) in [7, 11) is 0. The minimum atomic E-state index is -0.513. The summed E-state index contributed by atoms with van der Waals surface area (Å²) >= 11 is 0. The fourth-order valence-corrected chi connectivity index (χ4v) is 3.82. The molecule has 4 aromatic carbocycles. The molecule has 0 heterocycles. The van der Waals surface area contributed by atoms with Gasteiger partial charge in [-0.2, -0.15) is 5.10 Å². The molecule has 0 unspecified atom stereocenters. The summed E-state index contributed by atoms with van der Waals surface area (Å²) < 4.78 is 11.2. The van der Waals surface area contributed by atoms with Crippen molar-refractivity contribution in [2.75, 3.05) is 13.2 Å². The predicted octanol–water partition coefficient (Wildman–Crippen LogP) is 5.04. The third kappa shape index (κ3) is 7.29. The normalized spacial score (nSPS) is 10.8. The van der Waals surface area contributed by atoms with Crippen molar-refractivity contribution in [3.05, 3.63) is 107 Å². The van der Waals surface area contributed by atoms with Gasteiger partial charge in [0.25, 0.3) is 11.8 Å². The maximum atomic E-state index is 12.8. The zero-order valence-electron chi connectivity index (χ0n) is 21.8. The molecule has 198 valence electrons. The van der Waals surface area contributed by atoms with Crippen molar-refractivity contribution in [2.24, 2.45) is 5.10 Å². The molecular weight excluding hydrogens is 494 g/mol. The van der Waals surface area contributed by atoms with Crippen LogP contribution < -0.4 is 20.2 Å². The molecule has 8 heteroatoms. The molecule has 0 atom stereocenters. The Kier molecular flexibility index (Phi) is 9.03. The molecule has 2 N–H and O–H groups in total. The van der Waals surface area contributed by atoms with Crippen LogP contribution in [-0.4, -0.2) is 37.1 Å². The van der Waals surface area contributed by atoms with Gasteiger partial charge >= 0.3 is 5.97 Å². The Morgan fingerprint density at radius 2 is 1.69 bits per heavy atom. The number of carbonyl (C=O) groups is 3. The Morgan fingerprint density at radius 1 is 0.897 bits per heavy atom. The molecule has 0 spiro atoms. The molecule has 0 aliphatic rings. The molecule has 0 saturated heterocycles. The predicted molar refractivity (Wildman–Crippen MR) is 150 cm³/mol. The third-order valence-corrected chi connectivity index (χ3v) is 5.77. The minimum absolute atomic E-state index is 0.269. The lowest BCUT2D eigenvalue weighted by molar-refractivity contribution is -0.120. The maximum Gasteiger partial charge on any atom is 0.343 e. The number of amides is 2. The molecule has 0 aliphatic heterocycles. The number of aryl methyl sites for hydroxylation is 1. The molecule has 4 rings (SSSR count). The zero-order valence-corrected chi connectivity index (χ0v) is 21.8. The largest absolute Gasteiger partial charge is 0.494 e. The lowest BCUT2D eigenvalue weighted by Crippen LogP contribution is -2.34. The number of fused-ring (bicyclic) bond motifs is 1. The summed E-state index contributed by atoms with van der Waals surface area (Å²) in [5.74, 6) is -0.423. The van der Waals surface area contributed by atoms with Crippen LogP contribution in [0, 0.1) is 6.92 Å².